The van der Waals surface area contributed by atoms with Gasteiger partial charge in [0.15, 0.2) is 5.43 Å². The molecule has 0 saturated carbocycles. The Kier molecular flexibility index (Phi) is 4.81. The van der Waals surface area contributed by atoms with Gasteiger partial charge in [-0.05, 0) is 48.0 Å². The normalized spacial score (nSPS) is 10.7. The van der Waals surface area contributed by atoms with Crippen LogP contribution in [0, 0.1) is 0 Å². The second kappa shape index (κ2) is 7.56. The van der Waals surface area contributed by atoms with E-state index in [1.54, 1.807) is 12.1 Å². The zero-order chi connectivity index (χ0) is 18.6. The Balaban J connectivity index is 1.55. The van der Waals surface area contributed by atoms with E-state index in [4.69, 9.17) is 16.3 Å². The van der Waals surface area contributed by atoms with Crippen molar-refractivity contribution in [1.82, 2.24) is 4.98 Å². The number of aromatic amines is 1. The number of ether oxygens (including phenoxy) is 1. The Hall–Kier alpha value is -3.24. The lowest BCUT2D eigenvalue weighted by Gasteiger charge is -2.10. The fourth-order valence-electron chi connectivity index (χ4n) is 2.81. The number of nitrogens with one attached hydrogen (secondary N) is 2. The molecule has 5 heteroatoms. The van der Waals surface area contributed by atoms with Gasteiger partial charge in [-0.15, -0.1) is 0 Å². The predicted octanol–water partition coefficient (Wildman–Crippen LogP) is 5.59. The fourth-order valence-corrected chi connectivity index (χ4v) is 2.94. The fraction of sp³-hybridized carbons (Fsp3) is 0.0455. The lowest BCUT2D eigenvalue weighted by atomic mass is 10.2. The number of para-hydroxylation sites is 1. The van der Waals surface area contributed by atoms with Crippen molar-refractivity contribution in [1.29, 1.82) is 0 Å². The Morgan fingerprint density at radius 3 is 2.44 bits per heavy atom. The summed E-state index contributed by atoms with van der Waals surface area (Å²) in [7, 11) is 0. The van der Waals surface area contributed by atoms with Gasteiger partial charge in [0.2, 0.25) is 0 Å². The van der Waals surface area contributed by atoms with Crippen molar-refractivity contribution >= 4 is 28.3 Å². The second-order valence-corrected chi connectivity index (χ2v) is 6.59. The number of halogens is 1. The Morgan fingerprint density at radius 1 is 0.889 bits per heavy atom. The molecule has 1 heterocycles. The third kappa shape index (κ3) is 4.13. The van der Waals surface area contributed by atoms with Crippen molar-refractivity contribution in [2.24, 2.45) is 0 Å². The summed E-state index contributed by atoms with van der Waals surface area (Å²) in [4.78, 5) is 15.8. The number of hydrogen-bond donors (Lipinski definition) is 2. The van der Waals surface area contributed by atoms with E-state index in [0.29, 0.717) is 28.5 Å². The highest BCUT2D eigenvalue weighted by molar-refractivity contribution is 6.30. The summed E-state index contributed by atoms with van der Waals surface area (Å²) in [5, 5.41) is 4.52. The van der Waals surface area contributed by atoms with Crippen LogP contribution < -0.4 is 15.5 Å². The van der Waals surface area contributed by atoms with Gasteiger partial charge in [0, 0.05) is 23.0 Å². The maximum absolute atomic E-state index is 12.5. The minimum atomic E-state index is -0.0686. The molecule has 1 aromatic heterocycles. The molecule has 27 heavy (non-hydrogen) atoms. The molecule has 2 N–H and O–H groups in total. The van der Waals surface area contributed by atoms with Gasteiger partial charge in [-0.1, -0.05) is 41.9 Å². The predicted molar refractivity (Wildman–Crippen MR) is 110 cm³/mol. The van der Waals surface area contributed by atoms with Gasteiger partial charge in [0.05, 0.1) is 5.52 Å². The number of pyridine rings is 1. The number of hydrogen-bond acceptors (Lipinski definition) is 3. The van der Waals surface area contributed by atoms with Crippen molar-refractivity contribution in [3.63, 3.8) is 0 Å². The zero-order valence-corrected chi connectivity index (χ0v) is 15.2. The van der Waals surface area contributed by atoms with E-state index < -0.39 is 0 Å². The van der Waals surface area contributed by atoms with E-state index >= 15 is 0 Å². The van der Waals surface area contributed by atoms with Crippen LogP contribution >= 0.6 is 11.6 Å². The quantitative estimate of drug-likeness (QED) is 0.477. The molecule has 0 amide bonds. The monoisotopic (exact) mass is 376 g/mol. The number of H-pyrrole nitrogens is 1. The standard InChI is InChI=1S/C22H17ClN2O2/c23-16-8-6-15(7-9-16)14-24-22-13-21(26)19-12-18(10-11-20(19)25-22)27-17-4-2-1-3-5-17/h1-13H,14H2,(H2,24,25,26). The van der Waals surface area contributed by atoms with Crippen molar-refractivity contribution < 1.29 is 4.74 Å². The highest BCUT2D eigenvalue weighted by Crippen LogP contribution is 2.24. The highest BCUT2D eigenvalue weighted by Gasteiger charge is 2.05. The minimum absolute atomic E-state index is 0.0686. The molecule has 0 bridgehead atoms. The minimum Gasteiger partial charge on any atom is -0.457 e. The zero-order valence-electron chi connectivity index (χ0n) is 14.4. The average Bonchev–Trinajstić information content (AvgIpc) is 2.69. The van der Waals surface area contributed by atoms with Crippen LogP contribution in [0.4, 0.5) is 5.82 Å². The molecule has 0 aliphatic rings. The van der Waals surface area contributed by atoms with Crippen LogP contribution in [-0.4, -0.2) is 4.98 Å². The van der Waals surface area contributed by atoms with E-state index in [2.05, 4.69) is 10.3 Å². The maximum Gasteiger partial charge on any atom is 0.191 e. The van der Waals surface area contributed by atoms with Crippen molar-refractivity contribution in [2.45, 2.75) is 6.54 Å². The van der Waals surface area contributed by atoms with Crippen molar-refractivity contribution in [3.8, 4) is 11.5 Å². The van der Waals surface area contributed by atoms with Crippen molar-refractivity contribution in [2.75, 3.05) is 5.32 Å². The molecule has 0 fully saturated rings. The Morgan fingerprint density at radius 2 is 1.67 bits per heavy atom. The SMILES string of the molecule is O=c1cc(NCc2ccc(Cl)cc2)[nH]c2ccc(Oc3ccccc3)cc12. The molecule has 0 radical (unpaired) electrons. The summed E-state index contributed by atoms with van der Waals surface area (Å²) in [5.74, 6) is 2.02. The molecule has 0 spiro atoms. The topological polar surface area (TPSA) is 54.1 Å². The third-order valence-corrected chi connectivity index (χ3v) is 4.43. The maximum atomic E-state index is 12.5. The first kappa shape index (κ1) is 17.2. The Bertz CT molecular complexity index is 1120. The number of anilines is 1. The van der Waals surface area contributed by atoms with Crippen LogP contribution in [-0.2, 0) is 6.54 Å². The second-order valence-electron chi connectivity index (χ2n) is 6.15. The van der Waals surface area contributed by atoms with Gasteiger partial charge < -0.3 is 15.0 Å². The molecular weight excluding hydrogens is 360 g/mol. The van der Waals surface area contributed by atoms with Crippen LogP contribution in [0.3, 0.4) is 0 Å². The molecule has 0 aliphatic heterocycles. The number of benzene rings is 3. The number of fused-ring (bicyclic) bond motifs is 1. The molecule has 134 valence electrons. The summed E-state index contributed by atoms with van der Waals surface area (Å²) in [5.41, 5.74) is 1.76. The van der Waals surface area contributed by atoms with Gasteiger partial charge in [-0.3, -0.25) is 4.79 Å². The van der Waals surface area contributed by atoms with Gasteiger partial charge in [0.1, 0.15) is 17.3 Å². The lowest BCUT2D eigenvalue weighted by molar-refractivity contribution is 0.483. The van der Waals surface area contributed by atoms with Crippen LogP contribution in [0.25, 0.3) is 10.9 Å². The summed E-state index contributed by atoms with van der Waals surface area (Å²) in [6, 6.07) is 24.1. The van der Waals surface area contributed by atoms with Gasteiger partial charge in [-0.2, -0.15) is 0 Å². The first-order chi connectivity index (χ1) is 13.2. The van der Waals surface area contributed by atoms with E-state index in [0.717, 1.165) is 16.8 Å². The van der Waals surface area contributed by atoms with E-state index in [9.17, 15) is 4.79 Å². The van der Waals surface area contributed by atoms with Crippen molar-refractivity contribution in [3.05, 3.63) is 99.7 Å². The molecule has 4 rings (SSSR count). The van der Waals surface area contributed by atoms with Gasteiger partial charge in [-0.25, -0.2) is 0 Å². The smallest absolute Gasteiger partial charge is 0.191 e. The molecule has 0 unspecified atom stereocenters. The molecule has 0 aliphatic carbocycles. The van der Waals surface area contributed by atoms with Crippen LogP contribution in [0.1, 0.15) is 5.56 Å². The third-order valence-electron chi connectivity index (χ3n) is 4.18. The number of rotatable bonds is 5. The summed E-state index contributed by atoms with van der Waals surface area (Å²) >= 11 is 5.90. The molecule has 4 nitrogen and oxygen atoms in total. The van der Waals surface area contributed by atoms with Crippen LogP contribution in [0.5, 0.6) is 11.5 Å². The highest BCUT2D eigenvalue weighted by atomic mass is 35.5. The first-order valence-corrected chi connectivity index (χ1v) is 8.93. The van der Waals surface area contributed by atoms with Gasteiger partial charge in [0.25, 0.3) is 0 Å². The van der Waals surface area contributed by atoms with E-state index in [1.807, 2.05) is 66.7 Å². The number of aromatic nitrogens is 1. The first-order valence-electron chi connectivity index (χ1n) is 8.56. The Labute approximate surface area is 161 Å². The molecule has 0 saturated heterocycles. The molecular formula is C22H17ClN2O2. The molecule has 4 aromatic rings. The summed E-state index contributed by atoms with van der Waals surface area (Å²) in [6.07, 6.45) is 0. The summed E-state index contributed by atoms with van der Waals surface area (Å²) < 4.78 is 5.81. The average molecular weight is 377 g/mol. The lowest BCUT2D eigenvalue weighted by Crippen LogP contribution is -2.08. The van der Waals surface area contributed by atoms with E-state index in [-0.39, 0.29) is 5.43 Å². The van der Waals surface area contributed by atoms with E-state index in [1.165, 1.54) is 0 Å². The van der Waals surface area contributed by atoms with Gasteiger partial charge >= 0.3 is 0 Å². The summed E-state index contributed by atoms with van der Waals surface area (Å²) in [6.45, 7) is 0.591. The molecule has 3 aromatic carbocycles. The molecule has 0 atom stereocenters. The van der Waals surface area contributed by atoms with Crippen LogP contribution in [0.15, 0.2) is 83.7 Å². The van der Waals surface area contributed by atoms with Crippen LogP contribution in [0.2, 0.25) is 5.02 Å². The largest absolute Gasteiger partial charge is 0.457 e.